The summed E-state index contributed by atoms with van der Waals surface area (Å²) in [5, 5.41) is 1.10. The third-order valence-electron chi connectivity index (χ3n) is 4.39. The number of aryl methyl sites for hydroxylation is 1. The second-order valence-corrected chi connectivity index (χ2v) is 6.24. The van der Waals surface area contributed by atoms with Gasteiger partial charge in [-0.2, -0.15) is 0 Å². The van der Waals surface area contributed by atoms with E-state index in [9.17, 15) is 4.39 Å². The Hall–Kier alpha value is -3.14. The summed E-state index contributed by atoms with van der Waals surface area (Å²) in [5.74, 6) is 0.675. The molecule has 0 spiro atoms. The van der Waals surface area contributed by atoms with Gasteiger partial charge in [-0.05, 0) is 60.4 Å². The first-order valence-corrected chi connectivity index (χ1v) is 8.68. The van der Waals surface area contributed by atoms with Gasteiger partial charge in [0.15, 0.2) is 0 Å². The molecule has 0 fully saturated rings. The van der Waals surface area contributed by atoms with Gasteiger partial charge in [0.25, 0.3) is 0 Å². The molecule has 1 N–H and O–H groups in total. The number of halogens is 1. The van der Waals surface area contributed by atoms with Crippen LogP contribution >= 0.6 is 0 Å². The fraction of sp³-hybridized carbons (Fsp3) is 0.136. The van der Waals surface area contributed by atoms with E-state index in [-0.39, 0.29) is 5.82 Å². The van der Waals surface area contributed by atoms with Crippen LogP contribution in [-0.4, -0.2) is 16.6 Å². The highest BCUT2D eigenvalue weighted by Gasteiger charge is 2.04. The topological polar surface area (TPSA) is 37.9 Å². The van der Waals surface area contributed by atoms with Gasteiger partial charge in [0.2, 0.25) is 0 Å². The van der Waals surface area contributed by atoms with E-state index in [0.29, 0.717) is 6.61 Å². The zero-order chi connectivity index (χ0) is 17.8. The predicted octanol–water partition coefficient (Wildman–Crippen LogP) is 5.38. The smallest absolute Gasteiger partial charge is 0.128 e. The van der Waals surface area contributed by atoms with Crippen molar-refractivity contribution in [2.75, 3.05) is 6.61 Å². The lowest BCUT2D eigenvalue weighted by molar-refractivity contribution is 0.314. The Labute approximate surface area is 151 Å². The zero-order valence-electron chi connectivity index (χ0n) is 14.3. The molecule has 0 aliphatic rings. The normalized spacial score (nSPS) is 11.0. The van der Waals surface area contributed by atoms with Crippen molar-refractivity contribution in [1.29, 1.82) is 0 Å². The number of aromatic nitrogens is 2. The number of H-pyrrole nitrogens is 1. The molecule has 4 aromatic rings. The molecule has 4 rings (SSSR count). The van der Waals surface area contributed by atoms with E-state index < -0.39 is 0 Å². The Bertz CT molecular complexity index is 1010. The van der Waals surface area contributed by atoms with Gasteiger partial charge in [0.1, 0.15) is 11.6 Å². The molecular formula is C22H19FN2O. The van der Waals surface area contributed by atoms with Crippen molar-refractivity contribution in [2.45, 2.75) is 12.8 Å². The maximum Gasteiger partial charge on any atom is 0.128 e. The van der Waals surface area contributed by atoms with Crippen LogP contribution < -0.4 is 4.74 Å². The van der Waals surface area contributed by atoms with Crippen molar-refractivity contribution >= 4 is 10.9 Å². The average Bonchev–Trinajstić information content (AvgIpc) is 3.16. The van der Waals surface area contributed by atoms with Crippen molar-refractivity contribution in [2.24, 2.45) is 0 Å². The lowest BCUT2D eigenvalue weighted by Gasteiger charge is -2.08. The molecule has 0 atom stereocenters. The van der Waals surface area contributed by atoms with Crippen LogP contribution in [0.25, 0.3) is 22.0 Å². The highest BCUT2D eigenvalue weighted by molar-refractivity contribution is 5.85. The van der Waals surface area contributed by atoms with Crippen molar-refractivity contribution in [3.8, 4) is 16.9 Å². The first-order valence-electron chi connectivity index (χ1n) is 8.68. The van der Waals surface area contributed by atoms with Gasteiger partial charge < -0.3 is 9.72 Å². The lowest BCUT2D eigenvalue weighted by atomic mass is 10.0. The van der Waals surface area contributed by atoms with E-state index in [0.717, 1.165) is 46.2 Å². The number of benzene rings is 2. The Balaban J connectivity index is 1.37. The van der Waals surface area contributed by atoms with Gasteiger partial charge in [-0.25, -0.2) is 4.39 Å². The molecule has 2 heterocycles. The van der Waals surface area contributed by atoms with Crippen LogP contribution in [0.1, 0.15) is 12.0 Å². The van der Waals surface area contributed by atoms with Crippen molar-refractivity contribution in [1.82, 2.24) is 9.97 Å². The number of hydrogen-bond donors (Lipinski definition) is 1. The standard InChI is InChI=1S/C22H19FN2O/c23-19-8-6-17(7-9-19)18-13-16(14-24-15-18)3-2-12-26-22-5-1-4-21-20(22)10-11-25-21/h1,4-11,13-15,25H,2-3,12H2. The van der Waals surface area contributed by atoms with Crippen molar-refractivity contribution in [3.05, 3.63) is 84.6 Å². The second kappa shape index (κ2) is 7.40. The van der Waals surface area contributed by atoms with Crippen LogP contribution in [0.5, 0.6) is 5.75 Å². The number of rotatable bonds is 6. The average molecular weight is 346 g/mol. The van der Waals surface area contributed by atoms with E-state index in [2.05, 4.69) is 16.0 Å². The Morgan fingerprint density at radius 1 is 0.962 bits per heavy atom. The van der Waals surface area contributed by atoms with Crippen LogP contribution in [0.3, 0.4) is 0 Å². The van der Waals surface area contributed by atoms with Gasteiger partial charge in [0, 0.05) is 35.1 Å². The molecule has 0 unspecified atom stereocenters. The Kier molecular flexibility index (Phi) is 4.65. The monoisotopic (exact) mass is 346 g/mol. The molecule has 2 aromatic carbocycles. The van der Waals surface area contributed by atoms with Gasteiger partial charge in [-0.1, -0.05) is 18.2 Å². The molecular weight excluding hydrogens is 327 g/mol. The molecule has 2 aromatic heterocycles. The largest absolute Gasteiger partial charge is 0.493 e. The number of nitrogens with zero attached hydrogens (tertiary/aromatic N) is 1. The minimum Gasteiger partial charge on any atom is -0.493 e. The molecule has 3 nitrogen and oxygen atoms in total. The van der Waals surface area contributed by atoms with Crippen LogP contribution in [0.2, 0.25) is 0 Å². The zero-order valence-corrected chi connectivity index (χ0v) is 14.3. The number of nitrogens with one attached hydrogen (secondary N) is 1. The van der Waals surface area contributed by atoms with Crippen LogP contribution in [0.15, 0.2) is 73.2 Å². The molecule has 0 saturated carbocycles. The fourth-order valence-electron chi connectivity index (χ4n) is 3.07. The lowest BCUT2D eigenvalue weighted by Crippen LogP contribution is -2.00. The van der Waals surface area contributed by atoms with E-state index in [4.69, 9.17) is 4.74 Å². The van der Waals surface area contributed by atoms with Gasteiger partial charge >= 0.3 is 0 Å². The van der Waals surface area contributed by atoms with E-state index in [1.165, 1.54) is 12.1 Å². The maximum atomic E-state index is 13.1. The maximum absolute atomic E-state index is 13.1. The molecule has 0 amide bonds. The molecule has 130 valence electrons. The van der Waals surface area contributed by atoms with Crippen molar-refractivity contribution in [3.63, 3.8) is 0 Å². The van der Waals surface area contributed by atoms with Gasteiger partial charge in [-0.15, -0.1) is 0 Å². The summed E-state index contributed by atoms with van der Waals surface area (Å²) in [6, 6.07) is 16.6. The SMILES string of the molecule is Fc1ccc(-c2cncc(CCCOc3cccc4[nH]ccc34)c2)cc1. The molecule has 26 heavy (non-hydrogen) atoms. The number of fused-ring (bicyclic) bond motifs is 1. The molecule has 0 aliphatic heterocycles. The quantitative estimate of drug-likeness (QED) is 0.476. The van der Waals surface area contributed by atoms with Crippen LogP contribution in [0.4, 0.5) is 4.39 Å². The second-order valence-electron chi connectivity index (χ2n) is 6.24. The number of ether oxygens (including phenoxy) is 1. The summed E-state index contributed by atoms with van der Waals surface area (Å²) in [6.45, 7) is 0.644. The van der Waals surface area contributed by atoms with E-state index >= 15 is 0 Å². The summed E-state index contributed by atoms with van der Waals surface area (Å²) >= 11 is 0. The van der Waals surface area contributed by atoms with E-state index in [1.54, 1.807) is 18.3 Å². The first kappa shape index (κ1) is 16.3. The Morgan fingerprint density at radius 2 is 1.85 bits per heavy atom. The summed E-state index contributed by atoms with van der Waals surface area (Å²) in [6.07, 6.45) is 7.38. The molecule has 0 radical (unpaired) electrons. The predicted molar refractivity (Wildman–Crippen MR) is 102 cm³/mol. The first-order chi connectivity index (χ1) is 12.8. The number of hydrogen-bond acceptors (Lipinski definition) is 2. The van der Waals surface area contributed by atoms with Gasteiger partial charge in [0.05, 0.1) is 6.61 Å². The highest BCUT2D eigenvalue weighted by Crippen LogP contribution is 2.25. The minimum absolute atomic E-state index is 0.229. The summed E-state index contributed by atoms with van der Waals surface area (Å²) in [7, 11) is 0. The summed E-state index contributed by atoms with van der Waals surface area (Å²) in [5.41, 5.74) is 4.20. The summed E-state index contributed by atoms with van der Waals surface area (Å²) in [4.78, 5) is 7.51. The third-order valence-corrected chi connectivity index (χ3v) is 4.39. The number of pyridine rings is 1. The minimum atomic E-state index is -0.229. The van der Waals surface area contributed by atoms with E-state index in [1.807, 2.05) is 36.7 Å². The third kappa shape index (κ3) is 3.59. The van der Waals surface area contributed by atoms with Crippen LogP contribution in [-0.2, 0) is 6.42 Å². The van der Waals surface area contributed by atoms with Crippen LogP contribution in [0, 0.1) is 5.82 Å². The van der Waals surface area contributed by atoms with Gasteiger partial charge in [-0.3, -0.25) is 4.98 Å². The molecule has 0 bridgehead atoms. The Morgan fingerprint density at radius 3 is 2.73 bits per heavy atom. The molecule has 4 heteroatoms. The highest BCUT2D eigenvalue weighted by atomic mass is 19.1. The summed E-state index contributed by atoms with van der Waals surface area (Å²) < 4.78 is 19.0. The van der Waals surface area contributed by atoms with Crippen molar-refractivity contribution < 1.29 is 9.13 Å². The fourth-order valence-corrected chi connectivity index (χ4v) is 3.07. The molecule has 0 saturated heterocycles. The molecule has 0 aliphatic carbocycles. The number of aromatic amines is 1.